The van der Waals surface area contributed by atoms with E-state index < -0.39 is 12.7 Å². The van der Waals surface area contributed by atoms with E-state index in [0.29, 0.717) is 5.56 Å². The van der Waals surface area contributed by atoms with Crippen molar-refractivity contribution in [3.8, 4) is 0 Å². The topological polar surface area (TPSA) is 46.9 Å². The van der Waals surface area contributed by atoms with Crippen LogP contribution in [0.4, 0.5) is 18.9 Å². The Morgan fingerprint density at radius 1 is 1.29 bits per heavy atom. The van der Waals surface area contributed by atoms with Gasteiger partial charge in [0.05, 0.1) is 11.9 Å². The summed E-state index contributed by atoms with van der Waals surface area (Å²) >= 11 is 0. The predicted molar refractivity (Wildman–Crippen MR) is 72.2 cm³/mol. The molecule has 4 nitrogen and oxygen atoms in total. The van der Waals surface area contributed by atoms with E-state index in [0.717, 1.165) is 22.0 Å². The molecule has 0 radical (unpaired) electrons. The van der Waals surface area contributed by atoms with Gasteiger partial charge in [-0.1, -0.05) is 6.07 Å². The van der Waals surface area contributed by atoms with Crippen LogP contribution in [0.25, 0.3) is 0 Å². The Morgan fingerprint density at radius 2 is 2.00 bits per heavy atom. The molecule has 7 heteroatoms. The van der Waals surface area contributed by atoms with Crippen molar-refractivity contribution in [1.82, 2.24) is 9.78 Å². The summed E-state index contributed by atoms with van der Waals surface area (Å²) in [5.41, 5.74) is 2.70. The Labute approximate surface area is 119 Å². The van der Waals surface area contributed by atoms with Gasteiger partial charge in [-0.3, -0.25) is 9.48 Å². The van der Waals surface area contributed by atoms with Gasteiger partial charge >= 0.3 is 6.18 Å². The molecule has 2 rings (SSSR count). The van der Waals surface area contributed by atoms with Crippen LogP contribution in [0.3, 0.4) is 0 Å². The number of carbonyl (C=O) groups excluding carboxylic acids is 1. The van der Waals surface area contributed by atoms with Crippen molar-refractivity contribution in [1.29, 1.82) is 0 Å². The Bertz CT molecular complexity index is 662. The number of nitrogens with zero attached hydrogens (tertiary/aromatic N) is 2. The third kappa shape index (κ3) is 4.08. The van der Waals surface area contributed by atoms with Gasteiger partial charge in [0.2, 0.25) is 0 Å². The lowest BCUT2D eigenvalue weighted by molar-refractivity contribution is -0.142. The average molecular weight is 297 g/mol. The van der Waals surface area contributed by atoms with Crippen LogP contribution >= 0.6 is 0 Å². The molecule has 0 saturated carbocycles. The smallest absolute Gasteiger partial charge is 0.319 e. The molecule has 0 unspecified atom stereocenters. The van der Waals surface area contributed by atoms with E-state index in [9.17, 15) is 18.0 Å². The number of aryl methyl sites for hydroxylation is 2. The van der Waals surface area contributed by atoms with Gasteiger partial charge in [-0.2, -0.15) is 18.3 Å². The highest BCUT2D eigenvalue weighted by atomic mass is 19.4. The molecule has 0 bridgehead atoms. The molecular formula is C14H14F3N3O. The van der Waals surface area contributed by atoms with Gasteiger partial charge < -0.3 is 5.32 Å². The van der Waals surface area contributed by atoms with Gasteiger partial charge in [0.25, 0.3) is 5.91 Å². The van der Waals surface area contributed by atoms with Crippen LogP contribution in [0.1, 0.15) is 21.5 Å². The maximum Gasteiger partial charge on any atom is 0.408 e. The number of halogens is 3. The molecule has 0 saturated heterocycles. The minimum atomic E-state index is -4.35. The summed E-state index contributed by atoms with van der Waals surface area (Å²) in [5, 5.41) is 6.08. The number of benzene rings is 1. The molecule has 1 amide bonds. The zero-order chi connectivity index (χ0) is 15.6. The molecule has 1 heterocycles. The van der Waals surface area contributed by atoms with Gasteiger partial charge in [-0.05, 0) is 37.1 Å². The van der Waals surface area contributed by atoms with E-state index in [4.69, 9.17) is 0 Å². The summed E-state index contributed by atoms with van der Waals surface area (Å²) in [5.74, 6) is -0.385. The molecule has 0 atom stereocenters. The summed E-state index contributed by atoms with van der Waals surface area (Å²) in [7, 11) is 0. The maximum atomic E-state index is 12.2. The van der Waals surface area contributed by atoms with Crippen LogP contribution in [0, 0.1) is 13.8 Å². The SMILES string of the molecule is Cc1ccc(C(=O)Nc2cnn(CC(F)(F)F)c2)cc1C. The van der Waals surface area contributed by atoms with E-state index in [2.05, 4.69) is 10.4 Å². The lowest BCUT2D eigenvalue weighted by Crippen LogP contribution is -2.18. The summed E-state index contributed by atoms with van der Waals surface area (Å²) in [4.78, 5) is 12.0. The average Bonchev–Trinajstić information content (AvgIpc) is 2.77. The first-order chi connectivity index (χ1) is 9.74. The van der Waals surface area contributed by atoms with Crippen LogP contribution < -0.4 is 5.32 Å². The monoisotopic (exact) mass is 297 g/mol. The summed E-state index contributed by atoms with van der Waals surface area (Å²) in [6, 6.07) is 5.21. The molecule has 0 aliphatic rings. The second-order valence-corrected chi connectivity index (χ2v) is 4.79. The molecule has 1 aromatic heterocycles. The number of alkyl halides is 3. The number of carbonyl (C=O) groups is 1. The highest BCUT2D eigenvalue weighted by molar-refractivity contribution is 6.04. The van der Waals surface area contributed by atoms with Crippen molar-refractivity contribution in [2.45, 2.75) is 26.6 Å². The summed E-state index contributed by atoms with van der Waals surface area (Å²) < 4.78 is 37.4. The molecule has 0 spiro atoms. The Balaban J connectivity index is 2.07. The number of hydrogen-bond donors (Lipinski definition) is 1. The number of rotatable bonds is 3. The van der Waals surface area contributed by atoms with Crippen LogP contribution in [-0.2, 0) is 6.54 Å². The van der Waals surface area contributed by atoms with Gasteiger partial charge in [0, 0.05) is 11.8 Å². The zero-order valence-corrected chi connectivity index (χ0v) is 11.5. The molecule has 21 heavy (non-hydrogen) atoms. The lowest BCUT2D eigenvalue weighted by Gasteiger charge is -2.06. The minimum absolute atomic E-state index is 0.225. The fourth-order valence-corrected chi connectivity index (χ4v) is 1.78. The molecule has 112 valence electrons. The number of amides is 1. The third-order valence-corrected chi connectivity index (χ3v) is 3.00. The van der Waals surface area contributed by atoms with E-state index in [-0.39, 0.29) is 11.6 Å². The van der Waals surface area contributed by atoms with Crippen molar-refractivity contribution >= 4 is 11.6 Å². The standard InChI is InChI=1S/C14H14F3N3O/c1-9-3-4-11(5-10(9)2)13(21)19-12-6-18-20(7-12)8-14(15,16)17/h3-7H,8H2,1-2H3,(H,19,21). The van der Waals surface area contributed by atoms with Crippen molar-refractivity contribution in [2.24, 2.45) is 0 Å². The first kappa shape index (κ1) is 15.1. The van der Waals surface area contributed by atoms with Crippen LogP contribution in [0.15, 0.2) is 30.6 Å². The number of anilines is 1. The zero-order valence-electron chi connectivity index (χ0n) is 11.5. The maximum absolute atomic E-state index is 12.2. The lowest BCUT2D eigenvalue weighted by atomic mass is 10.1. The highest BCUT2D eigenvalue weighted by Gasteiger charge is 2.28. The van der Waals surface area contributed by atoms with Crippen LogP contribution in [0.2, 0.25) is 0 Å². The molecule has 1 N–H and O–H groups in total. The molecule has 0 aliphatic carbocycles. The molecule has 0 fully saturated rings. The van der Waals surface area contributed by atoms with Crippen molar-refractivity contribution in [3.05, 3.63) is 47.3 Å². The molecular weight excluding hydrogens is 283 g/mol. The highest BCUT2D eigenvalue weighted by Crippen LogP contribution is 2.18. The number of nitrogens with one attached hydrogen (secondary N) is 1. The van der Waals surface area contributed by atoms with Crippen molar-refractivity contribution in [3.63, 3.8) is 0 Å². The Hall–Kier alpha value is -2.31. The molecule has 2 aromatic rings. The van der Waals surface area contributed by atoms with Gasteiger partial charge in [-0.25, -0.2) is 0 Å². The Kier molecular flexibility index (Phi) is 4.02. The Morgan fingerprint density at radius 3 is 2.62 bits per heavy atom. The van der Waals surface area contributed by atoms with Crippen LogP contribution in [-0.4, -0.2) is 21.9 Å². The van der Waals surface area contributed by atoms with Crippen molar-refractivity contribution < 1.29 is 18.0 Å². The van der Waals surface area contributed by atoms with Gasteiger partial charge in [-0.15, -0.1) is 0 Å². The second-order valence-electron chi connectivity index (χ2n) is 4.79. The first-order valence-electron chi connectivity index (χ1n) is 6.22. The van der Waals surface area contributed by atoms with E-state index >= 15 is 0 Å². The second kappa shape index (κ2) is 5.59. The fourth-order valence-electron chi connectivity index (χ4n) is 1.78. The van der Waals surface area contributed by atoms with Gasteiger partial charge in [0.15, 0.2) is 0 Å². The number of aromatic nitrogens is 2. The molecule has 1 aromatic carbocycles. The van der Waals surface area contributed by atoms with E-state index in [1.54, 1.807) is 12.1 Å². The molecule has 0 aliphatic heterocycles. The number of hydrogen-bond acceptors (Lipinski definition) is 2. The summed E-state index contributed by atoms with van der Waals surface area (Å²) in [6.07, 6.45) is -2.02. The summed E-state index contributed by atoms with van der Waals surface area (Å²) in [6.45, 7) is 2.62. The fraction of sp³-hybridized carbons (Fsp3) is 0.286. The largest absolute Gasteiger partial charge is 0.408 e. The van der Waals surface area contributed by atoms with E-state index in [1.807, 2.05) is 19.9 Å². The van der Waals surface area contributed by atoms with Crippen LogP contribution in [0.5, 0.6) is 0 Å². The third-order valence-electron chi connectivity index (χ3n) is 3.00. The van der Waals surface area contributed by atoms with Crippen molar-refractivity contribution in [2.75, 3.05) is 5.32 Å². The van der Waals surface area contributed by atoms with E-state index in [1.165, 1.54) is 6.20 Å². The minimum Gasteiger partial charge on any atom is -0.319 e. The normalized spacial score (nSPS) is 11.5. The van der Waals surface area contributed by atoms with Gasteiger partial charge in [0.1, 0.15) is 6.54 Å². The first-order valence-corrected chi connectivity index (χ1v) is 6.22. The quantitative estimate of drug-likeness (QED) is 0.944. The predicted octanol–water partition coefficient (Wildman–Crippen LogP) is 3.31.